The van der Waals surface area contributed by atoms with Crippen LogP contribution in [0, 0.1) is 11.8 Å². The molecule has 1 fully saturated rings. The summed E-state index contributed by atoms with van der Waals surface area (Å²) in [5, 5.41) is 15.3. The molecule has 2 aliphatic carbocycles. The number of amides is 1. The van der Waals surface area contributed by atoms with Gasteiger partial charge in [0, 0.05) is 12.6 Å². The molecule has 19 heavy (non-hydrogen) atoms. The summed E-state index contributed by atoms with van der Waals surface area (Å²) in [6.45, 7) is 1.53. The molecule has 2 aliphatic rings. The summed E-state index contributed by atoms with van der Waals surface area (Å²) in [5.41, 5.74) is 0. The smallest absolute Gasteiger partial charge is 0.307 e. The van der Waals surface area contributed by atoms with Gasteiger partial charge < -0.3 is 15.7 Å². The first kappa shape index (κ1) is 14.1. The van der Waals surface area contributed by atoms with Gasteiger partial charge in [-0.25, -0.2) is 0 Å². The maximum Gasteiger partial charge on any atom is 0.307 e. The Morgan fingerprint density at radius 2 is 1.79 bits per heavy atom. The second kappa shape index (κ2) is 6.70. The molecule has 0 aromatic rings. The van der Waals surface area contributed by atoms with Crippen molar-refractivity contribution in [2.45, 2.75) is 38.1 Å². The number of carbonyl (C=O) groups excluding carboxylic acids is 1. The fourth-order valence-corrected chi connectivity index (χ4v) is 2.40. The number of carboxylic acid groups (broad SMARTS) is 1. The molecule has 1 saturated carbocycles. The van der Waals surface area contributed by atoms with Crippen molar-refractivity contribution in [1.82, 2.24) is 10.6 Å². The molecular formula is C14H22N2O3. The molecule has 0 aliphatic heterocycles. The van der Waals surface area contributed by atoms with Gasteiger partial charge in [0.15, 0.2) is 0 Å². The molecule has 2 atom stereocenters. The standard InChI is InChI=1S/C14H22N2O3/c17-13(16-9-3-8-15-10-6-7-10)11-4-1-2-5-12(11)14(18)19/h1-2,10-12,15H,3-9H2,(H,16,17)(H,18,19). The number of rotatable bonds is 7. The van der Waals surface area contributed by atoms with Crippen LogP contribution < -0.4 is 10.6 Å². The van der Waals surface area contributed by atoms with E-state index in [1.165, 1.54) is 12.8 Å². The van der Waals surface area contributed by atoms with Gasteiger partial charge in [0.05, 0.1) is 11.8 Å². The van der Waals surface area contributed by atoms with Crippen LogP contribution in [0.4, 0.5) is 0 Å². The number of allylic oxidation sites excluding steroid dienone is 2. The summed E-state index contributed by atoms with van der Waals surface area (Å²) in [4.78, 5) is 23.1. The quantitative estimate of drug-likeness (QED) is 0.473. The number of hydrogen-bond acceptors (Lipinski definition) is 3. The van der Waals surface area contributed by atoms with Crippen LogP contribution in [-0.4, -0.2) is 36.1 Å². The highest BCUT2D eigenvalue weighted by Gasteiger charge is 2.33. The molecule has 2 rings (SSSR count). The van der Waals surface area contributed by atoms with Gasteiger partial charge in [-0.2, -0.15) is 0 Å². The minimum Gasteiger partial charge on any atom is -0.481 e. The van der Waals surface area contributed by atoms with Crippen molar-refractivity contribution in [2.75, 3.05) is 13.1 Å². The van der Waals surface area contributed by atoms with E-state index in [0.717, 1.165) is 13.0 Å². The minimum atomic E-state index is -0.875. The molecule has 2 unspecified atom stereocenters. The van der Waals surface area contributed by atoms with Crippen molar-refractivity contribution in [2.24, 2.45) is 11.8 Å². The van der Waals surface area contributed by atoms with E-state index < -0.39 is 17.8 Å². The average molecular weight is 266 g/mol. The summed E-state index contributed by atoms with van der Waals surface area (Å²) in [6.07, 6.45) is 8.16. The zero-order valence-electron chi connectivity index (χ0n) is 11.1. The fraction of sp³-hybridized carbons (Fsp3) is 0.714. The highest BCUT2D eigenvalue weighted by Crippen LogP contribution is 2.25. The highest BCUT2D eigenvalue weighted by atomic mass is 16.4. The zero-order valence-corrected chi connectivity index (χ0v) is 11.1. The summed E-state index contributed by atoms with van der Waals surface area (Å²) >= 11 is 0. The van der Waals surface area contributed by atoms with E-state index in [0.29, 0.717) is 25.4 Å². The van der Waals surface area contributed by atoms with Gasteiger partial charge in [-0.1, -0.05) is 12.2 Å². The van der Waals surface area contributed by atoms with Crippen LogP contribution in [0.5, 0.6) is 0 Å². The van der Waals surface area contributed by atoms with Crippen LogP contribution in [0.1, 0.15) is 32.1 Å². The molecule has 0 radical (unpaired) electrons. The molecule has 5 heteroatoms. The van der Waals surface area contributed by atoms with Crippen molar-refractivity contribution in [1.29, 1.82) is 0 Å². The Morgan fingerprint density at radius 3 is 2.42 bits per heavy atom. The first-order valence-corrected chi connectivity index (χ1v) is 7.07. The third-order valence-corrected chi connectivity index (χ3v) is 3.75. The Kier molecular flexibility index (Phi) is 4.96. The molecule has 0 bridgehead atoms. The number of nitrogens with one attached hydrogen (secondary N) is 2. The number of carbonyl (C=O) groups is 2. The third-order valence-electron chi connectivity index (χ3n) is 3.75. The maximum atomic E-state index is 12.0. The summed E-state index contributed by atoms with van der Waals surface area (Å²) in [7, 11) is 0. The summed E-state index contributed by atoms with van der Waals surface area (Å²) in [6, 6.07) is 0.690. The maximum absolute atomic E-state index is 12.0. The van der Waals surface area contributed by atoms with Gasteiger partial charge in [-0.3, -0.25) is 9.59 Å². The SMILES string of the molecule is O=C(O)C1CC=CCC1C(=O)NCCCNC1CC1. The lowest BCUT2D eigenvalue weighted by atomic mass is 9.82. The van der Waals surface area contributed by atoms with Gasteiger partial charge in [0.1, 0.15) is 0 Å². The average Bonchev–Trinajstić information content (AvgIpc) is 3.22. The molecular weight excluding hydrogens is 244 g/mol. The van der Waals surface area contributed by atoms with Gasteiger partial charge in [-0.15, -0.1) is 0 Å². The molecule has 106 valence electrons. The minimum absolute atomic E-state index is 0.122. The van der Waals surface area contributed by atoms with Crippen LogP contribution in [0.2, 0.25) is 0 Å². The Balaban J connectivity index is 1.68. The molecule has 0 saturated heterocycles. The normalized spacial score (nSPS) is 26.1. The lowest BCUT2D eigenvalue weighted by molar-refractivity contribution is -0.147. The van der Waals surface area contributed by atoms with Gasteiger partial charge in [0.2, 0.25) is 5.91 Å². The van der Waals surface area contributed by atoms with Crippen molar-refractivity contribution >= 4 is 11.9 Å². The topological polar surface area (TPSA) is 78.4 Å². The number of hydrogen-bond donors (Lipinski definition) is 3. The highest BCUT2D eigenvalue weighted by molar-refractivity contribution is 5.85. The van der Waals surface area contributed by atoms with E-state index in [4.69, 9.17) is 5.11 Å². The van der Waals surface area contributed by atoms with E-state index >= 15 is 0 Å². The number of aliphatic carboxylic acids is 1. The van der Waals surface area contributed by atoms with E-state index in [-0.39, 0.29) is 5.91 Å². The Bertz CT molecular complexity index is 364. The zero-order chi connectivity index (χ0) is 13.7. The van der Waals surface area contributed by atoms with Crippen LogP contribution in [-0.2, 0) is 9.59 Å². The van der Waals surface area contributed by atoms with E-state index in [2.05, 4.69) is 10.6 Å². The Labute approximate surface area is 113 Å². The molecule has 0 heterocycles. The Hall–Kier alpha value is -1.36. The molecule has 0 spiro atoms. The molecule has 0 aromatic carbocycles. The molecule has 3 N–H and O–H groups in total. The van der Waals surface area contributed by atoms with Crippen LogP contribution >= 0.6 is 0 Å². The second-order valence-corrected chi connectivity index (χ2v) is 5.37. The van der Waals surface area contributed by atoms with Gasteiger partial charge >= 0.3 is 5.97 Å². The Morgan fingerprint density at radius 1 is 1.11 bits per heavy atom. The van der Waals surface area contributed by atoms with Crippen LogP contribution in [0.15, 0.2) is 12.2 Å². The van der Waals surface area contributed by atoms with Crippen molar-refractivity contribution in [3.05, 3.63) is 12.2 Å². The van der Waals surface area contributed by atoms with Gasteiger partial charge in [-0.05, 0) is 38.6 Å². The van der Waals surface area contributed by atoms with E-state index in [1.54, 1.807) is 0 Å². The predicted octanol–water partition coefficient (Wildman–Crippen LogP) is 0.912. The second-order valence-electron chi connectivity index (χ2n) is 5.37. The molecule has 5 nitrogen and oxygen atoms in total. The van der Waals surface area contributed by atoms with Crippen molar-refractivity contribution in [3.8, 4) is 0 Å². The lowest BCUT2D eigenvalue weighted by Crippen LogP contribution is -2.39. The fourth-order valence-electron chi connectivity index (χ4n) is 2.40. The van der Waals surface area contributed by atoms with Crippen molar-refractivity contribution in [3.63, 3.8) is 0 Å². The summed E-state index contributed by atoms with van der Waals surface area (Å²) in [5.74, 6) is -1.99. The molecule has 1 amide bonds. The first-order valence-electron chi connectivity index (χ1n) is 7.07. The first-order chi connectivity index (χ1) is 9.18. The van der Waals surface area contributed by atoms with Crippen LogP contribution in [0.25, 0.3) is 0 Å². The number of carboxylic acids is 1. The molecule has 0 aromatic heterocycles. The lowest BCUT2D eigenvalue weighted by Gasteiger charge is -2.24. The van der Waals surface area contributed by atoms with Crippen molar-refractivity contribution < 1.29 is 14.7 Å². The van der Waals surface area contributed by atoms with Gasteiger partial charge in [0.25, 0.3) is 0 Å². The van der Waals surface area contributed by atoms with E-state index in [1.807, 2.05) is 12.2 Å². The van der Waals surface area contributed by atoms with E-state index in [9.17, 15) is 9.59 Å². The predicted molar refractivity (Wildman–Crippen MR) is 71.6 cm³/mol. The third kappa shape index (κ3) is 4.35. The van der Waals surface area contributed by atoms with Crippen LogP contribution in [0.3, 0.4) is 0 Å². The summed E-state index contributed by atoms with van der Waals surface area (Å²) < 4.78 is 0. The monoisotopic (exact) mass is 266 g/mol. The largest absolute Gasteiger partial charge is 0.481 e.